The highest BCUT2D eigenvalue weighted by atomic mass is 14.8. The van der Waals surface area contributed by atoms with Gasteiger partial charge >= 0.3 is 0 Å². The first-order valence-electron chi connectivity index (χ1n) is 7.36. The van der Waals surface area contributed by atoms with Crippen molar-refractivity contribution in [2.45, 2.75) is 26.9 Å². The van der Waals surface area contributed by atoms with Crippen LogP contribution < -0.4 is 10.6 Å². The van der Waals surface area contributed by atoms with Gasteiger partial charge in [-0.05, 0) is 24.2 Å². The van der Waals surface area contributed by atoms with Crippen molar-refractivity contribution in [3.05, 3.63) is 71.8 Å². The molecule has 0 aliphatic rings. The Morgan fingerprint density at radius 3 is 1.25 bits per heavy atom. The van der Waals surface area contributed by atoms with Crippen LogP contribution in [0.15, 0.2) is 60.7 Å². The second kappa shape index (κ2) is 11.2. The Morgan fingerprint density at radius 2 is 0.950 bits per heavy atom. The van der Waals surface area contributed by atoms with Crippen molar-refractivity contribution in [2.75, 3.05) is 13.1 Å². The van der Waals surface area contributed by atoms with Gasteiger partial charge in [-0.15, -0.1) is 0 Å². The van der Waals surface area contributed by atoms with Crippen LogP contribution in [-0.4, -0.2) is 13.1 Å². The Labute approximate surface area is 123 Å². The summed E-state index contributed by atoms with van der Waals surface area (Å²) in [7, 11) is 0. The molecule has 2 heteroatoms. The lowest BCUT2D eigenvalue weighted by Gasteiger charge is -1.99. The molecule has 0 bridgehead atoms. The van der Waals surface area contributed by atoms with Gasteiger partial charge < -0.3 is 10.6 Å². The fourth-order valence-corrected chi connectivity index (χ4v) is 1.73. The first kappa shape index (κ1) is 16.4. The van der Waals surface area contributed by atoms with Gasteiger partial charge in [0.1, 0.15) is 0 Å². The molecule has 2 N–H and O–H groups in total. The number of rotatable bonds is 6. The summed E-state index contributed by atoms with van der Waals surface area (Å²) in [4.78, 5) is 0. The van der Waals surface area contributed by atoms with Crippen LogP contribution in [0.25, 0.3) is 0 Å². The fraction of sp³-hybridized carbons (Fsp3) is 0.333. The van der Waals surface area contributed by atoms with Crippen LogP contribution in [0.4, 0.5) is 0 Å². The smallest absolute Gasteiger partial charge is 0.0205 e. The zero-order chi connectivity index (χ0) is 14.5. The molecule has 2 nitrogen and oxygen atoms in total. The van der Waals surface area contributed by atoms with Gasteiger partial charge in [-0.1, -0.05) is 74.5 Å². The highest BCUT2D eigenvalue weighted by Gasteiger charge is 1.86. The van der Waals surface area contributed by atoms with Crippen molar-refractivity contribution < 1.29 is 0 Å². The van der Waals surface area contributed by atoms with Gasteiger partial charge in [0.2, 0.25) is 0 Å². The summed E-state index contributed by atoms with van der Waals surface area (Å²) in [5, 5.41) is 6.53. The number of benzene rings is 2. The quantitative estimate of drug-likeness (QED) is 0.838. The van der Waals surface area contributed by atoms with E-state index in [1.807, 2.05) is 12.1 Å². The van der Waals surface area contributed by atoms with E-state index in [-0.39, 0.29) is 0 Å². The molecule has 0 fully saturated rings. The molecule has 108 valence electrons. The van der Waals surface area contributed by atoms with Gasteiger partial charge in [0.15, 0.2) is 0 Å². The van der Waals surface area contributed by atoms with E-state index in [4.69, 9.17) is 0 Å². The summed E-state index contributed by atoms with van der Waals surface area (Å²) in [6.45, 7) is 8.27. The largest absolute Gasteiger partial charge is 0.313 e. The fourth-order valence-electron chi connectivity index (χ4n) is 1.73. The normalized spacial score (nSPS) is 9.70. The van der Waals surface area contributed by atoms with E-state index in [1.165, 1.54) is 11.1 Å². The summed E-state index contributed by atoms with van der Waals surface area (Å²) in [5.41, 5.74) is 2.70. The maximum absolute atomic E-state index is 3.26. The number of hydrogen-bond acceptors (Lipinski definition) is 2. The van der Waals surface area contributed by atoms with Crippen molar-refractivity contribution in [3.63, 3.8) is 0 Å². The zero-order valence-corrected chi connectivity index (χ0v) is 12.6. The molecule has 20 heavy (non-hydrogen) atoms. The van der Waals surface area contributed by atoms with E-state index >= 15 is 0 Å². The Morgan fingerprint density at radius 1 is 0.600 bits per heavy atom. The predicted molar refractivity (Wildman–Crippen MR) is 87.6 cm³/mol. The molecule has 2 rings (SSSR count). The Balaban J connectivity index is 0.000000200. The molecule has 0 unspecified atom stereocenters. The number of nitrogens with one attached hydrogen (secondary N) is 2. The van der Waals surface area contributed by atoms with Gasteiger partial charge in [0, 0.05) is 13.1 Å². The molecule has 0 saturated heterocycles. The molecule has 0 atom stereocenters. The highest BCUT2D eigenvalue weighted by molar-refractivity contribution is 5.14. The molecule has 2 aromatic carbocycles. The first-order chi connectivity index (χ1) is 9.86. The van der Waals surface area contributed by atoms with E-state index in [1.54, 1.807) is 0 Å². The topological polar surface area (TPSA) is 24.1 Å². The molecule has 2 aromatic rings. The lowest BCUT2D eigenvalue weighted by molar-refractivity contribution is 0.727. The third kappa shape index (κ3) is 7.72. The summed E-state index contributed by atoms with van der Waals surface area (Å²) < 4.78 is 0. The van der Waals surface area contributed by atoms with Gasteiger partial charge in [-0.2, -0.15) is 0 Å². The Hall–Kier alpha value is -1.64. The maximum atomic E-state index is 3.26. The van der Waals surface area contributed by atoms with E-state index in [0.29, 0.717) is 0 Å². The van der Waals surface area contributed by atoms with Gasteiger partial charge in [0.05, 0.1) is 0 Å². The molecular formula is C18H26N2. The third-order valence-electron chi connectivity index (χ3n) is 2.84. The van der Waals surface area contributed by atoms with Crippen LogP contribution in [0, 0.1) is 0 Å². The summed E-state index contributed by atoms with van der Waals surface area (Å²) in [6, 6.07) is 20.8. The molecule has 0 aromatic heterocycles. The van der Waals surface area contributed by atoms with Gasteiger partial charge in [-0.25, -0.2) is 0 Å². The van der Waals surface area contributed by atoms with Gasteiger partial charge in [0.25, 0.3) is 0 Å². The summed E-state index contributed by atoms with van der Waals surface area (Å²) in [5.74, 6) is 0. The molecule has 0 radical (unpaired) electrons. The summed E-state index contributed by atoms with van der Waals surface area (Å²) >= 11 is 0. The molecular weight excluding hydrogens is 244 g/mol. The predicted octanol–water partition coefficient (Wildman–Crippen LogP) is 3.59. The van der Waals surface area contributed by atoms with Crippen LogP contribution in [0.5, 0.6) is 0 Å². The second-order valence-electron chi connectivity index (χ2n) is 4.53. The van der Waals surface area contributed by atoms with Crippen LogP contribution in [-0.2, 0) is 13.1 Å². The number of hydrogen-bond donors (Lipinski definition) is 2. The van der Waals surface area contributed by atoms with Crippen molar-refractivity contribution in [1.82, 2.24) is 10.6 Å². The first-order valence-corrected chi connectivity index (χ1v) is 7.36. The molecule has 0 aliphatic carbocycles. The van der Waals surface area contributed by atoms with Gasteiger partial charge in [-0.3, -0.25) is 0 Å². The standard InChI is InChI=1S/2C9H13N/c2*1-2-10-8-9-6-4-3-5-7-9/h2*3-7,10H,2,8H2,1H3. The lowest BCUT2D eigenvalue weighted by Crippen LogP contribution is -2.11. The lowest BCUT2D eigenvalue weighted by atomic mass is 10.2. The van der Waals surface area contributed by atoms with Crippen molar-refractivity contribution in [1.29, 1.82) is 0 Å². The van der Waals surface area contributed by atoms with Crippen LogP contribution in [0.3, 0.4) is 0 Å². The second-order valence-corrected chi connectivity index (χ2v) is 4.53. The van der Waals surface area contributed by atoms with Crippen LogP contribution in [0.1, 0.15) is 25.0 Å². The van der Waals surface area contributed by atoms with Crippen LogP contribution in [0.2, 0.25) is 0 Å². The van der Waals surface area contributed by atoms with Crippen molar-refractivity contribution >= 4 is 0 Å². The van der Waals surface area contributed by atoms with E-state index in [2.05, 4.69) is 73.0 Å². The molecule has 0 heterocycles. The average Bonchev–Trinajstić information content (AvgIpc) is 2.53. The Kier molecular flexibility index (Phi) is 9.20. The van der Waals surface area contributed by atoms with Crippen LogP contribution >= 0.6 is 0 Å². The summed E-state index contributed by atoms with van der Waals surface area (Å²) in [6.07, 6.45) is 0. The molecule has 0 amide bonds. The highest BCUT2D eigenvalue weighted by Crippen LogP contribution is 1.96. The minimum absolute atomic E-state index is 0.983. The molecule has 0 saturated carbocycles. The zero-order valence-electron chi connectivity index (χ0n) is 12.6. The minimum atomic E-state index is 0.983. The maximum Gasteiger partial charge on any atom is 0.0205 e. The third-order valence-corrected chi connectivity index (χ3v) is 2.84. The van der Waals surface area contributed by atoms with E-state index in [9.17, 15) is 0 Å². The Bertz CT molecular complexity index is 382. The van der Waals surface area contributed by atoms with Crippen molar-refractivity contribution in [2.24, 2.45) is 0 Å². The molecule has 0 spiro atoms. The monoisotopic (exact) mass is 270 g/mol. The minimum Gasteiger partial charge on any atom is -0.313 e. The van der Waals surface area contributed by atoms with E-state index < -0.39 is 0 Å². The van der Waals surface area contributed by atoms with Crippen molar-refractivity contribution in [3.8, 4) is 0 Å². The average molecular weight is 270 g/mol. The SMILES string of the molecule is CCNCc1ccccc1.CCNCc1ccccc1. The van der Waals surface area contributed by atoms with E-state index in [0.717, 1.165) is 26.2 Å². The molecule has 0 aliphatic heterocycles.